The molecule has 70 valence electrons. The molecule has 0 aromatic heterocycles. The summed E-state index contributed by atoms with van der Waals surface area (Å²) >= 11 is 0. The van der Waals surface area contributed by atoms with Crippen LogP contribution in [-0.4, -0.2) is 18.3 Å². The molecule has 0 bridgehead atoms. The maximum absolute atomic E-state index is 13.1. The summed E-state index contributed by atoms with van der Waals surface area (Å²) in [5.41, 5.74) is 0.226. The Hall–Kier alpha value is -1.29. The van der Waals surface area contributed by atoms with Gasteiger partial charge in [-0.2, -0.15) is 0 Å². The predicted molar refractivity (Wildman–Crippen MR) is 43.3 cm³/mol. The molecule has 0 spiro atoms. The number of halogens is 1. The summed E-state index contributed by atoms with van der Waals surface area (Å²) in [5.74, 6) is 0.435. The van der Waals surface area contributed by atoms with Crippen LogP contribution < -0.4 is 9.47 Å². The summed E-state index contributed by atoms with van der Waals surface area (Å²) in [6, 6.07) is 2.70. The van der Waals surface area contributed by atoms with Crippen LogP contribution in [-0.2, 0) is 6.61 Å². The molecule has 0 amide bonds. The van der Waals surface area contributed by atoms with Crippen LogP contribution in [0.5, 0.6) is 11.5 Å². The van der Waals surface area contributed by atoms with Crippen molar-refractivity contribution in [3.63, 3.8) is 0 Å². The van der Waals surface area contributed by atoms with Gasteiger partial charge in [0.05, 0.1) is 6.61 Å². The summed E-state index contributed by atoms with van der Waals surface area (Å²) in [6.45, 7) is 0.566. The SMILES string of the molecule is OCc1cc2c(cc1F)OCCO2. The third-order valence-corrected chi connectivity index (χ3v) is 1.88. The highest BCUT2D eigenvalue weighted by Gasteiger charge is 2.14. The lowest BCUT2D eigenvalue weighted by Gasteiger charge is -2.18. The molecule has 0 unspecified atom stereocenters. The van der Waals surface area contributed by atoms with E-state index < -0.39 is 5.82 Å². The Morgan fingerprint density at radius 2 is 1.85 bits per heavy atom. The van der Waals surface area contributed by atoms with Gasteiger partial charge in [-0.25, -0.2) is 4.39 Å². The van der Waals surface area contributed by atoms with Crippen LogP contribution in [0.4, 0.5) is 4.39 Å². The van der Waals surface area contributed by atoms with Crippen molar-refractivity contribution in [2.75, 3.05) is 13.2 Å². The zero-order valence-corrected chi connectivity index (χ0v) is 6.92. The van der Waals surface area contributed by atoms with Gasteiger partial charge in [0.25, 0.3) is 0 Å². The van der Waals surface area contributed by atoms with Crippen molar-refractivity contribution in [2.45, 2.75) is 6.61 Å². The fourth-order valence-electron chi connectivity index (χ4n) is 1.23. The first-order valence-corrected chi connectivity index (χ1v) is 4.00. The maximum Gasteiger partial charge on any atom is 0.164 e. The maximum atomic E-state index is 13.1. The lowest BCUT2D eigenvalue weighted by atomic mass is 10.2. The van der Waals surface area contributed by atoms with Crippen LogP contribution in [0.25, 0.3) is 0 Å². The monoisotopic (exact) mass is 184 g/mol. The molecule has 1 N–H and O–H groups in total. The van der Waals surface area contributed by atoms with Gasteiger partial charge in [0.2, 0.25) is 0 Å². The van der Waals surface area contributed by atoms with E-state index in [4.69, 9.17) is 14.6 Å². The number of fused-ring (bicyclic) bond motifs is 1. The van der Waals surface area contributed by atoms with Crippen molar-refractivity contribution in [1.82, 2.24) is 0 Å². The Morgan fingerprint density at radius 3 is 2.46 bits per heavy atom. The molecule has 1 heterocycles. The van der Waals surface area contributed by atoms with Gasteiger partial charge < -0.3 is 14.6 Å². The van der Waals surface area contributed by atoms with Crippen LogP contribution in [0.2, 0.25) is 0 Å². The molecule has 2 rings (SSSR count). The molecule has 1 aliphatic rings. The van der Waals surface area contributed by atoms with E-state index in [0.717, 1.165) is 0 Å². The second-order valence-corrected chi connectivity index (χ2v) is 2.75. The Bertz CT molecular complexity index is 325. The zero-order valence-electron chi connectivity index (χ0n) is 6.92. The van der Waals surface area contributed by atoms with Crippen LogP contribution in [0.1, 0.15) is 5.56 Å². The van der Waals surface area contributed by atoms with E-state index in [1.807, 2.05) is 0 Å². The number of rotatable bonds is 1. The average molecular weight is 184 g/mol. The largest absolute Gasteiger partial charge is 0.486 e. The minimum atomic E-state index is -0.466. The van der Waals surface area contributed by atoms with Crippen molar-refractivity contribution < 1.29 is 19.0 Å². The molecular formula is C9H9FO3. The minimum Gasteiger partial charge on any atom is -0.486 e. The molecule has 0 atom stereocenters. The zero-order chi connectivity index (χ0) is 9.26. The average Bonchev–Trinajstić information content (AvgIpc) is 2.17. The summed E-state index contributed by atoms with van der Waals surface area (Å²) in [7, 11) is 0. The molecule has 3 nitrogen and oxygen atoms in total. The molecule has 0 radical (unpaired) electrons. The number of hydrogen-bond donors (Lipinski definition) is 1. The Kier molecular flexibility index (Phi) is 2.06. The highest BCUT2D eigenvalue weighted by molar-refractivity contribution is 5.44. The number of benzene rings is 1. The fourth-order valence-corrected chi connectivity index (χ4v) is 1.23. The number of aliphatic hydroxyl groups excluding tert-OH is 1. The quantitative estimate of drug-likeness (QED) is 0.710. The van der Waals surface area contributed by atoms with Gasteiger partial charge in [-0.15, -0.1) is 0 Å². The van der Waals surface area contributed by atoms with Gasteiger partial charge in [0.1, 0.15) is 19.0 Å². The van der Waals surface area contributed by atoms with Crippen LogP contribution >= 0.6 is 0 Å². The van der Waals surface area contributed by atoms with E-state index in [1.165, 1.54) is 12.1 Å². The van der Waals surface area contributed by atoms with Crippen LogP contribution in [0.15, 0.2) is 12.1 Å². The summed E-state index contributed by atoms with van der Waals surface area (Å²) in [4.78, 5) is 0. The van der Waals surface area contributed by atoms with Crippen molar-refractivity contribution in [3.8, 4) is 11.5 Å². The summed E-state index contributed by atoms with van der Waals surface area (Å²) in [6.07, 6.45) is 0. The molecular weight excluding hydrogens is 175 g/mol. The van der Waals surface area contributed by atoms with Crippen molar-refractivity contribution in [2.24, 2.45) is 0 Å². The molecule has 4 heteroatoms. The lowest BCUT2D eigenvalue weighted by molar-refractivity contribution is 0.169. The highest BCUT2D eigenvalue weighted by atomic mass is 19.1. The van der Waals surface area contributed by atoms with Crippen molar-refractivity contribution in [1.29, 1.82) is 0 Å². The molecule has 1 aliphatic heterocycles. The normalized spacial score (nSPS) is 14.3. The highest BCUT2D eigenvalue weighted by Crippen LogP contribution is 2.32. The Balaban J connectivity index is 2.44. The minimum absolute atomic E-state index is 0.226. The third kappa shape index (κ3) is 1.45. The molecule has 13 heavy (non-hydrogen) atoms. The third-order valence-electron chi connectivity index (χ3n) is 1.88. The van der Waals surface area contributed by atoms with E-state index in [-0.39, 0.29) is 12.2 Å². The van der Waals surface area contributed by atoms with Crippen molar-refractivity contribution in [3.05, 3.63) is 23.5 Å². The van der Waals surface area contributed by atoms with Gasteiger partial charge in [-0.3, -0.25) is 0 Å². The smallest absolute Gasteiger partial charge is 0.164 e. The topological polar surface area (TPSA) is 38.7 Å². The number of aliphatic hydroxyl groups is 1. The van der Waals surface area contributed by atoms with E-state index in [1.54, 1.807) is 0 Å². The molecule has 0 aliphatic carbocycles. The van der Waals surface area contributed by atoms with Gasteiger partial charge in [0.15, 0.2) is 11.5 Å². The Labute approximate surface area is 74.7 Å². The first-order chi connectivity index (χ1) is 6.31. The van der Waals surface area contributed by atoms with E-state index in [2.05, 4.69) is 0 Å². The predicted octanol–water partition coefficient (Wildman–Crippen LogP) is 1.09. The summed E-state index contributed by atoms with van der Waals surface area (Å²) < 4.78 is 23.5. The van der Waals surface area contributed by atoms with Gasteiger partial charge in [-0.1, -0.05) is 0 Å². The fraction of sp³-hybridized carbons (Fsp3) is 0.333. The molecule has 1 aromatic rings. The number of ether oxygens (including phenoxy) is 2. The Morgan fingerprint density at radius 1 is 1.23 bits per heavy atom. The lowest BCUT2D eigenvalue weighted by Crippen LogP contribution is -2.15. The van der Waals surface area contributed by atoms with Gasteiger partial charge in [0, 0.05) is 11.6 Å². The van der Waals surface area contributed by atoms with Gasteiger partial charge >= 0.3 is 0 Å². The van der Waals surface area contributed by atoms with E-state index in [9.17, 15) is 4.39 Å². The second-order valence-electron chi connectivity index (χ2n) is 2.75. The van der Waals surface area contributed by atoms with Crippen molar-refractivity contribution >= 4 is 0 Å². The van der Waals surface area contributed by atoms with Crippen LogP contribution in [0.3, 0.4) is 0 Å². The second kappa shape index (κ2) is 3.22. The van der Waals surface area contributed by atoms with Gasteiger partial charge in [-0.05, 0) is 6.07 Å². The first-order valence-electron chi connectivity index (χ1n) is 4.00. The van der Waals surface area contributed by atoms with Crippen LogP contribution in [0, 0.1) is 5.82 Å². The molecule has 0 saturated heterocycles. The molecule has 1 aromatic carbocycles. The number of hydrogen-bond acceptors (Lipinski definition) is 3. The first kappa shape index (κ1) is 8.31. The van der Waals surface area contributed by atoms with E-state index >= 15 is 0 Å². The summed E-state index contributed by atoms with van der Waals surface area (Å²) in [5, 5.41) is 8.78. The molecule has 0 saturated carbocycles. The standard InChI is InChI=1S/C9H9FO3/c10-7-4-9-8(3-6(7)5-11)12-1-2-13-9/h3-4,11H,1-2,5H2. The molecule has 0 fully saturated rings. The van der Waals surface area contributed by atoms with E-state index in [0.29, 0.717) is 24.7 Å².